The fourth-order valence-corrected chi connectivity index (χ4v) is 6.36. The van der Waals surface area contributed by atoms with E-state index >= 15 is 0 Å². The molecule has 0 heterocycles. The van der Waals surface area contributed by atoms with Crippen molar-refractivity contribution >= 4 is 31.9 Å². The number of hydrogen-bond donors (Lipinski definition) is 2. The highest BCUT2D eigenvalue weighted by molar-refractivity contribution is 9.10. The van der Waals surface area contributed by atoms with E-state index in [0.717, 1.165) is 62.6 Å². The maximum atomic E-state index is 13.9. The van der Waals surface area contributed by atoms with E-state index in [1.165, 1.54) is 17.7 Å². The second-order valence-corrected chi connectivity index (χ2v) is 13.8. The Morgan fingerprint density at radius 1 is 0.592 bits per heavy atom. The van der Waals surface area contributed by atoms with E-state index in [0.29, 0.717) is 24.1 Å². The predicted molar refractivity (Wildman–Crippen MR) is 187 cm³/mol. The van der Waals surface area contributed by atoms with Crippen molar-refractivity contribution < 1.29 is 42.0 Å². The van der Waals surface area contributed by atoms with E-state index < -0.39 is 29.0 Å². The van der Waals surface area contributed by atoms with E-state index in [4.69, 9.17) is 19.3 Å². The molecule has 0 amide bonds. The van der Waals surface area contributed by atoms with Gasteiger partial charge in [0.05, 0.1) is 31.5 Å². The van der Waals surface area contributed by atoms with E-state index in [2.05, 4.69) is 44.0 Å². The Bertz CT molecular complexity index is 1540. The highest BCUT2D eigenvalue weighted by Crippen LogP contribution is 2.31. The highest BCUT2D eigenvalue weighted by Gasteiger charge is 2.26. The van der Waals surface area contributed by atoms with Gasteiger partial charge in [-0.15, -0.1) is 0 Å². The number of aromatic hydroxyl groups is 1. The zero-order chi connectivity index (χ0) is 35.2. The number of phenols is 1. The molecule has 2 aliphatic carbocycles. The Morgan fingerprint density at radius 3 is 1.51 bits per heavy atom. The van der Waals surface area contributed by atoms with Crippen molar-refractivity contribution in [2.75, 3.05) is 0 Å². The molecule has 49 heavy (non-hydrogen) atoms. The van der Waals surface area contributed by atoms with Crippen molar-refractivity contribution in [2.45, 2.75) is 89.0 Å². The number of phenolic OH excluding ortho intramolecular Hbond substituents is 1. The minimum absolute atomic E-state index is 0.0468. The number of ether oxygens (including phenoxy) is 3. The molecule has 0 spiro atoms. The van der Waals surface area contributed by atoms with Crippen LogP contribution in [0.4, 0.5) is 17.6 Å². The summed E-state index contributed by atoms with van der Waals surface area (Å²) in [4.78, 5) is 0. The first kappa shape index (κ1) is 38.8. The van der Waals surface area contributed by atoms with E-state index in [1.54, 1.807) is 0 Å². The lowest BCUT2D eigenvalue weighted by Crippen LogP contribution is -2.30. The Balaban J connectivity index is 0.000000184. The molecule has 2 N–H and O–H groups in total. The molecule has 4 aromatic carbocycles. The van der Waals surface area contributed by atoms with Crippen LogP contribution < -0.4 is 4.74 Å². The van der Waals surface area contributed by atoms with Crippen LogP contribution in [-0.2, 0) is 22.7 Å². The lowest BCUT2D eigenvalue weighted by Gasteiger charge is -2.30. The van der Waals surface area contributed by atoms with Crippen molar-refractivity contribution in [3.8, 4) is 11.5 Å². The average Bonchev–Trinajstić information content (AvgIpc) is 3.09. The highest BCUT2D eigenvalue weighted by atomic mass is 79.9. The smallest absolute Gasteiger partial charge is 0.191 e. The van der Waals surface area contributed by atoms with Gasteiger partial charge in [0.1, 0.15) is 6.10 Å². The molecule has 2 aliphatic rings. The Kier molecular flexibility index (Phi) is 15.9. The van der Waals surface area contributed by atoms with E-state index in [-0.39, 0.29) is 34.6 Å². The van der Waals surface area contributed by atoms with Gasteiger partial charge in [-0.2, -0.15) is 0 Å². The molecular formula is C38H40Br2F4O5. The second-order valence-electron chi connectivity index (χ2n) is 12.0. The predicted octanol–water partition coefficient (Wildman–Crippen LogP) is 10.6. The van der Waals surface area contributed by atoms with Crippen LogP contribution in [0.1, 0.15) is 62.5 Å². The van der Waals surface area contributed by atoms with Crippen LogP contribution in [-0.4, -0.2) is 34.6 Å². The molecule has 0 bridgehead atoms. The van der Waals surface area contributed by atoms with E-state index in [1.807, 2.05) is 48.5 Å². The minimum Gasteiger partial charge on any atom is -0.503 e. The van der Waals surface area contributed by atoms with Crippen LogP contribution in [0.3, 0.4) is 0 Å². The van der Waals surface area contributed by atoms with Crippen molar-refractivity contribution in [3.05, 3.63) is 128 Å². The first-order chi connectivity index (χ1) is 23.6. The number of hydrogen-bond acceptors (Lipinski definition) is 5. The Labute approximate surface area is 301 Å². The fraction of sp³-hybridized carbons (Fsp3) is 0.368. The van der Waals surface area contributed by atoms with Crippen LogP contribution in [0.5, 0.6) is 11.5 Å². The zero-order valence-corrected chi connectivity index (χ0v) is 30.0. The topological polar surface area (TPSA) is 68.2 Å². The minimum atomic E-state index is -0.966. The molecule has 5 nitrogen and oxygen atoms in total. The monoisotopic (exact) mass is 810 g/mol. The standard InChI is InChI=1S/C19H19BrF2O2.C13H18O2.C6H3BrF2O/c20-14-9-17(21)19(18(22)10-14)24-16-8-4-7-15(11-16)23-12-13-5-2-1-3-6-13;14-12-7-4-8-13(9-12)15-10-11-5-2-1-3-6-11;7-3-1-4(8)6(10)5(9)2-3/h1-3,5-6,9-10,15-16H,4,7-8,11-12H2;1-3,5-6,12-14H,4,7-10H2;1-2,10H. The summed E-state index contributed by atoms with van der Waals surface area (Å²) in [6, 6.07) is 24.5. The first-order valence-corrected chi connectivity index (χ1v) is 17.8. The fourth-order valence-electron chi connectivity index (χ4n) is 5.55. The van der Waals surface area contributed by atoms with Gasteiger partial charge in [-0.3, -0.25) is 0 Å². The van der Waals surface area contributed by atoms with Crippen molar-refractivity contribution in [1.29, 1.82) is 0 Å². The van der Waals surface area contributed by atoms with E-state index in [9.17, 15) is 22.7 Å². The van der Waals surface area contributed by atoms with Crippen LogP contribution >= 0.6 is 31.9 Å². The molecule has 4 aromatic rings. The number of aliphatic hydroxyl groups excluding tert-OH is 1. The molecule has 4 atom stereocenters. The third-order valence-electron chi connectivity index (χ3n) is 8.06. The zero-order valence-electron chi connectivity index (χ0n) is 26.9. The second kappa shape index (κ2) is 20.0. The average molecular weight is 813 g/mol. The molecule has 0 aromatic heterocycles. The van der Waals surface area contributed by atoms with Crippen LogP contribution in [0.25, 0.3) is 0 Å². The number of benzene rings is 4. The molecule has 11 heteroatoms. The van der Waals surface area contributed by atoms with Gasteiger partial charge in [-0.1, -0.05) is 92.5 Å². The normalized spacial score (nSPS) is 20.3. The van der Waals surface area contributed by atoms with Gasteiger partial charge in [0, 0.05) is 15.4 Å². The molecule has 6 rings (SSSR count). The summed E-state index contributed by atoms with van der Waals surface area (Å²) in [7, 11) is 0. The molecule has 2 saturated carbocycles. The van der Waals surface area contributed by atoms with Gasteiger partial charge in [0.25, 0.3) is 0 Å². The first-order valence-electron chi connectivity index (χ1n) is 16.2. The van der Waals surface area contributed by atoms with Gasteiger partial charge in [0.15, 0.2) is 34.8 Å². The van der Waals surface area contributed by atoms with Crippen molar-refractivity contribution in [3.63, 3.8) is 0 Å². The van der Waals surface area contributed by atoms with Crippen LogP contribution in [0.15, 0.2) is 93.9 Å². The van der Waals surface area contributed by atoms with Gasteiger partial charge in [-0.05, 0) is 80.3 Å². The summed E-state index contributed by atoms with van der Waals surface area (Å²) < 4.78 is 70.4. The third kappa shape index (κ3) is 13.4. The summed E-state index contributed by atoms with van der Waals surface area (Å²) in [6.07, 6.45) is 7.09. The molecule has 0 aliphatic heterocycles. The number of halogens is 6. The summed E-state index contributed by atoms with van der Waals surface area (Å²) in [6.45, 7) is 1.21. The summed E-state index contributed by atoms with van der Waals surface area (Å²) >= 11 is 5.93. The summed E-state index contributed by atoms with van der Waals surface area (Å²) in [5, 5.41) is 18.1. The number of rotatable bonds is 8. The lowest BCUT2D eigenvalue weighted by atomic mass is 9.94. The number of aliphatic hydroxyl groups is 1. The van der Waals surface area contributed by atoms with Crippen LogP contribution in [0, 0.1) is 23.3 Å². The molecule has 0 radical (unpaired) electrons. The molecule has 264 valence electrons. The maximum absolute atomic E-state index is 13.9. The molecule has 2 fully saturated rings. The van der Waals surface area contributed by atoms with Gasteiger partial charge in [0.2, 0.25) is 0 Å². The maximum Gasteiger partial charge on any atom is 0.191 e. The summed E-state index contributed by atoms with van der Waals surface area (Å²) in [5.41, 5.74) is 2.32. The van der Waals surface area contributed by atoms with Gasteiger partial charge >= 0.3 is 0 Å². The molecule has 4 unspecified atom stereocenters. The third-order valence-corrected chi connectivity index (χ3v) is 8.98. The van der Waals surface area contributed by atoms with Gasteiger partial charge in [-0.25, -0.2) is 17.6 Å². The molecular weight excluding hydrogens is 772 g/mol. The molecule has 0 saturated heterocycles. The Morgan fingerprint density at radius 2 is 1.02 bits per heavy atom. The lowest BCUT2D eigenvalue weighted by molar-refractivity contribution is -0.0228. The largest absolute Gasteiger partial charge is 0.503 e. The van der Waals surface area contributed by atoms with Gasteiger partial charge < -0.3 is 24.4 Å². The van der Waals surface area contributed by atoms with Crippen LogP contribution in [0.2, 0.25) is 0 Å². The summed E-state index contributed by atoms with van der Waals surface area (Å²) in [5.74, 6) is -4.54. The van der Waals surface area contributed by atoms with Crippen molar-refractivity contribution in [2.24, 2.45) is 0 Å². The van der Waals surface area contributed by atoms with Crippen molar-refractivity contribution in [1.82, 2.24) is 0 Å². The quantitative estimate of drug-likeness (QED) is 0.174. The SMILES string of the molecule is Fc1cc(Br)cc(F)c1OC1CCCC(OCc2ccccc2)C1.OC1CCCC(OCc2ccccc2)C1.Oc1c(F)cc(Br)cc1F. The Hall–Kier alpha value is -2.96.